The Bertz CT molecular complexity index is 779. The van der Waals surface area contributed by atoms with Crippen LogP contribution < -0.4 is 10.5 Å². The molecule has 1 heterocycles. The zero-order valence-electron chi connectivity index (χ0n) is 12.9. The summed E-state index contributed by atoms with van der Waals surface area (Å²) in [6.07, 6.45) is 0. The number of hydrogen-bond donors (Lipinski definition) is 1. The molecule has 2 aromatic carbocycles. The highest BCUT2D eigenvalue weighted by atomic mass is 35.5. The summed E-state index contributed by atoms with van der Waals surface area (Å²) in [4.78, 5) is 0. The number of halogens is 1. The van der Waals surface area contributed by atoms with Gasteiger partial charge in [-0.1, -0.05) is 11.6 Å². The van der Waals surface area contributed by atoms with Crippen molar-refractivity contribution in [3.05, 3.63) is 65.3 Å². The van der Waals surface area contributed by atoms with Gasteiger partial charge in [-0.25, -0.2) is 4.68 Å². The van der Waals surface area contributed by atoms with Gasteiger partial charge in [-0.2, -0.15) is 5.10 Å². The van der Waals surface area contributed by atoms with Crippen LogP contribution in [0.1, 0.15) is 12.6 Å². The van der Waals surface area contributed by atoms with Crippen molar-refractivity contribution >= 4 is 11.6 Å². The molecule has 118 valence electrons. The summed E-state index contributed by atoms with van der Waals surface area (Å²) < 4.78 is 7.38. The van der Waals surface area contributed by atoms with E-state index in [1.54, 1.807) is 0 Å². The Hall–Kier alpha value is -2.30. The minimum atomic E-state index is 0.393. The van der Waals surface area contributed by atoms with E-state index in [4.69, 9.17) is 22.1 Å². The van der Waals surface area contributed by atoms with E-state index >= 15 is 0 Å². The molecule has 0 saturated carbocycles. The van der Waals surface area contributed by atoms with E-state index < -0.39 is 0 Å². The number of ether oxygens (including phenoxy) is 1. The molecule has 0 fully saturated rings. The number of hydrogen-bond acceptors (Lipinski definition) is 3. The number of aromatic nitrogens is 2. The fraction of sp³-hybridized carbons (Fsp3) is 0.167. The molecule has 0 radical (unpaired) electrons. The fourth-order valence-electron chi connectivity index (χ4n) is 2.40. The topological polar surface area (TPSA) is 53.1 Å². The van der Waals surface area contributed by atoms with Crippen LogP contribution in [0.15, 0.2) is 54.6 Å². The van der Waals surface area contributed by atoms with Gasteiger partial charge in [0.05, 0.1) is 23.7 Å². The Morgan fingerprint density at radius 2 is 1.78 bits per heavy atom. The molecule has 0 bridgehead atoms. The first-order valence-corrected chi connectivity index (χ1v) is 7.87. The Kier molecular flexibility index (Phi) is 4.65. The fourth-order valence-corrected chi connectivity index (χ4v) is 2.53. The maximum atomic E-state index is 5.97. The second-order valence-corrected chi connectivity index (χ2v) is 5.51. The molecule has 4 nitrogen and oxygen atoms in total. The maximum absolute atomic E-state index is 5.97. The molecule has 0 aliphatic rings. The van der Waals surface area contributed by atoms with E-state index in [0.717, 1.165) is 28.4 Å². The zero-order chi connectivity index (χ0) is 16.2. The molecule has 0 saturated heterocycles. The van der Waals surface area contributed by atoms with E-state index in [1.165, 1.54) is 0 Å². The third kappa shape index (κ3) is 3.38. The quantitative estimate of drug-likeness (QED) is 0.769. The third-order valence-corrected chi connectivity index (χ3v) is 3.75. The van der Waals surface area contributed by atoms with Crippen LogP contribution in [-0.2, 0) is 6.54 Å². The molecule has 0 aliphatic heterocycles. The molecule has 0 amide bonds. The van der Waals surface area contributed by atoms with Crippen molar-refractivity contribution in [2.45, 2.75) is 13.5 Å². The SMILES string of the molecule is CCOc1ccc(-c2cc(CN)nn2-c2ccc(Cl)cc2)cc1. The summed E-state index contributed by atoms with van der Waals surface area (Å²) in [5.41, 5.74) is 9.57. The van der Waals surface area contributed by atoms with Crippen LogP contribution in [-0.4, -0.2) is 16.4 Å². The first-order chi connectivity index (χ1) is 11.2. The van der Waals surface area contributed by atoms with Gasteiger partial charge in [-0.05, 0) is 61.5 Å². The van der Waals surface area contributed by atoms with Crippen molar-refractivity contribution in [2.24, 2.45) is 5.73 Å². The molecule has 0 unspecified atom stereocenters. The van der Waals surface area contributed by atoms with Gasteiger partial charge in [0.15, 0.2) is 0 Å². The van der Waals surface area contributed by atoms with Crippen LogP contribution in [0.4, 0.5) is 0 Å². The summed E-state index contributed by atoms with van der Waals surface area (Å²) in [6, 6.07) is 17.5. The maximum Gasteiger partial charge on any atom is 0.119 e. The normalized spacial score (nSPS) is 10.7. The standard InChI is InChI=1S/C18H18ClN3O/c1-2-23-17-9-3-13(4-10-17)18-11-15(12-20)21-22(18)16-7-5-14(19)6-8-16/h3-11H,2,12,20H2,1H3. The molecule has 0 spiro atoms. The smallest absolute Gasteiger partial charge is 0.119 e. The number of benzene rings is 2. The molecule has 1 aromatic heterocycles. The first-order valence-electron chi connectivity index (χ1n) is 7.49. The van der Waals surface area contributed by atoms with Gasteiger partial charge in [-0.15, -0.1) is 0 Å². The summed E-state index contributed by atoms with van der Waals surface area (Å²) >= 11 is 5.97. The van der Waals surface area contributed by atoms with Crippen molar-refractivity contribution in [3.63, 3.8) is 0 Å². The van der Waals surface area contributed by atoms with Gasteiger partial charge >= 0.3 is 0 Å². The third-order valence-electron chi connectivity index (χ3n) is 3.50. The Morgan fingerprint density at radius 3 is 2.39 bits per heavy atom. The predicted molar refractivity (Wildman–Crippen MR) is 93.1 cm³/mol. The summed E-state index contributed by atoms with van der Waals surface area (Å²) in [5.74, 6) is 0.854. The second-order valence-electron chi connectivity index (χ2n) is 5.07. The van der Waals surface area contributed by atoms with Gasteiger partial charge in [0.2, 0.25) is 0 Å². The van der Waals surface area contributed by atoms with E-state index in [-0.39, 0.29) is 0 Å². The van der Waals surface area contributed by atoms with Crippen LogP contribution in [0.3, 0.4) is 0 Å². The average molecular weight is 328 g/mol. The molecule has 5 heteroatoms. The molecule has 0 aliphatic carbocycles. The van der Waals surface area contributed by atoms with Gasteiger partial charge in [0.1, 0.15) is 5.75 Å². The summed E-state index contributed by atoms with van der Waals surface area (Å²) in [7, 11) is 0. The monoisotopic (exact) mass is 327 g/mol. The van der Waals surface area contributed by atoms with Crippen LogP contribution in [0.25, 0.3) is 16.9 Å². The van der Waals surface area contributed by atoms with Crippen molar-refractivity contribution in [1.82, 2.24) is 9.78 Å². The molecule has 23 heavy (non-hydrogen) atoms. The Labute approximate surface area is 140 Å². The van der Waals surface area contributed by atoms with Gasteiger partial charge < -0.3 is 10.5 Å². The zero-order valence-corrected chi connectivity index (χ0v) is 13.6. The van der Waals surface area contributed by atoms with Crippen LogP contribution in [0.2, 0.25) is 5.02 Å². The lowest BCUT2D eigenvalue weighted by Crippen LogP contribution is -2.01. The van der Waals surface area contributed by atoms with Gasteiger partial charge in [0, 0.05) is 17.1 Å². The van der Waals surface area contributed by atoms with Gasteiger partial charge in [0.25, 0.3) is 0 Å². The van der Waals surface area contributed by atoms with E-state index in [9.17, 15) is 0 Å². The molecule has 2 N–H and O–H groups in total. The van der Waals surface area contributed by atoms with Gasteiger partial charge in [-0.3, -0.25) is 0 Å². The minimum Gasteiger partial charge on any atom is -0.494 e. The van der Waals surface area contributed by atoms with Crippen molar-refractivity contribution in [2.75, 3.05) is 6.61 Å². The highest BCUT2D eigenvalue weighted by Gasteiger charge is 2.11. The predicted octanol–water partition coefficient (Wildman–Crippen LogP) is 4.05. The molecule has 3 aromatic rings. The number of nitrogens with zero attached hydrogens (tertiary/aromatic N) is 2. The Morgan fingerprint density at radius 1 is 1.09 bits per heavy atom. The number of nitrogens with two attached hydrogens (primary N) is 1. The van der Waals surface area contributed by atoms with Crippen LogP contribution >= 0.6 is 11.6 Å². The lowest BCUT2D eigenvalue weighted by Gasteiger charge is -2.09. The van der Waals surface area contributed by atoms with Crippen LogP contribution in [0.5, 0.6) is 5.75 Å². The molecule has 0 atom stereocenters. The average Bonchev–Trinajstić information content (AvgIpc) is 3.01. The molecule has 3 rings (SSSR count). The second kappa shape index (κ2) is 6.86. The van der Waals surface area contributed by atoms with Crippen molar-refractivity contribution in [1.29, 1.82) is 0 Å². The summed E-state index contributed by atoms with van der Waals surface area (Å²) in [5, 5.41) is 5.28. The van der Waals surface area contributed by atoms with Crippen molar-refractivity contribution in [3.8, 4) is 22.7 Å². The first kappa shape index (κ1) is 15.6. The molecular formula is C18H18ClN3O. The lowest BCUT2D eigenvalue weighted by molar-refractivity contribution is 0.340. The largest absolute Gasteiger partial charge is 0.494 e. The highest BCUT2D eigenvalue weighted by Crippen LogP contribution is 2.26. The minimum absolute atomic E-state index is 0.393. The molecular weight excluding hydrogens is 310 g/mol. The summed E-state index contributed by atoms with van der Waals surface area (Å²) in [6.45, 7) is 3.01. The van der Waals surface area contributed by atoms with Crippen molar-refractivity contribution < 1.29 is 4.74 Å². The lowest BCUT2D eigenvalue weighted by atomic mass is 10.1. The number of rotatable bonds is 5. The van der Waals surface area contributed by atoms with Crippen LogP contribution in [0, 0.1) is 0 Å². The Balaban J connectivity index is 2.04. The van der Waals surface area contributed by atoms with E-state index in [2.05, 4.69) is 5.10 Å². The van der Waals surface area contributed by atoms with E-state index in [1.807, 2.05) is 66.2 Å². The highest BCUT2D eigenvalue weighted by molar-refractivity contribution is 6.30. The van der Waals surface area contributed by atoms with E-state index in [0.29, 0.717) is 18.2 Å².